The second kappa shape index (κ2) is 10.6. The molecule has 1 aliphatic carbocycles. The first-order valence-electron chi connectivity index (χ1n) is 11.5. The first kappa shape index (κ1) is 24.1. The lowest BCUT2D eigenvalue weighted by molar-refractivity contribution is -0.113. The molecule has 1 aliphatic rings. The number of benzene rings is 2. The van der Waals surface area contributed by atoms with Crippen molar-refractivity contribution >= 4 is 60.8 Å². The van der Waals surface area contributed by atoms with Crippen LogP contribution in [-0.2, 0) is 17.6 Å². The molecule has 5 rings (SSSR count). The molecule has 0 fully saturated rings. The minimum atomic E-state index is -0.190. The molecule has 1 amide bonds. The average molecular weight is 571 g/mol. The lowest BCUT2D eigenvalue weighted by Gasteiger charge is -2.14. The summed E-state index contributed by atoms with van der Waals surface area (Å²) < 4.78 is 8.18. The van der Waals surface area contributed by atoms with Gasteiger partial charge in [-0.3, -0.25) is 14.2 Å². The zero-order chi connectivity index (χ0) is 24.4. The van der Waals surface area contributed by atoms with Gasteiger partial charge in [-0.05, 0) is 74.6 Å². The number of anilines is 1. The second-order valence-corrected chi connectivity index (χ2v) is 11.1. The van der Waals surface area contributed by atoms with Crippen LogP contribution >= 0.6 is 39.0 Å². The molecule has 0 saturated heterocycles. The van der Waals surface area contributed by atoms with Gasteiger partial charge in [0.15, 0.2) is 5.16 Å². The number of rotatable bonds is 7. The van der Waals surface area contributed by atoms with Crippen LogP contribution < -0.4 is 15.6 Å². The van der Waals surface area contributed by atoms with Gasteiger partial charge in [-0.2, -0.15) is 0 Å². The third-order valence-corrected chi connectivity index (χ3v) is 8.49. The van der Waals surface area contributed by atoms with Crippen molar-refractivity contribution < 1.29 is 9.53 Å². The molecule has 4 aromatic rings. The van der Waals surface area contributed by atoms with Gasteiger partial charge >= 0.3 is 0 Å². The Balaban J connectivity index is 1.49. The van der Waals surface area contributed by atoms with E-state index in [4.69, 9.17) is 9.72 Å². The maximum Gasteiger partial charge on any atom is 0.267 e. The Morgan fingerprint density at radius 3 is 2.74 bits per heavy atom. The number of hydrogen-bond acceptors (Lipinski definition) is 6. The molecular weight excluding hydrogens is 546 g/mol. The van der Waals surface area contributed by atoms with Crippen molar-refractivity contribution in [3.8, 4) is 11.4 Å². The van der Waals surface area contributed by atoms with Crippen LogP contribution in [0.25, 0.3) is 15.9 Å². The molecule has 6 nitrogen and oxygen atoms in total. The first-order valence-corrected chi connectivity index (χ1v) is 14.1. The summed E-state index contributed by atoms with van der Waals surface area (Å²) >= 11 is 6.34. The van der Waals surface area contributed by atoms with E-state index in [1.807, 2.05) is 55.5 Å². The quantitative estimate of drug-likeness (QED) is 0.211. The predicted molar refractivity (Wildman–Crippen MR) is 147 cm³/mol. The fourth-order valence-corrected chi connectivity index (χ4v) is 6.65. The fourth-order valence-electron chi connectivity index (χ4n) is 4.27. The summed E-state index contributed by atoms with van der Waals surface area (Å²) in [6.07, 6.45) is 4.15. The number of nitrogens with one attached hydrogen (secondary N) is 1. The van der Waals surface area contributed by atoms with Gasteiger partial charge in [-0.15, -0.1) is 11.3 Å². The number of ether oxygens (including phenoxy) is 1. The molecule has 0 saturated carbocycles. The number of carbonyl (C=O) groups is 1. The van der Waals surface area contributed by atoms with Gasteiger partial charge in [0.05, 0.1) is 29.1 Å². The second-order valence-electron chi connectivity index (χ2n) is 8.17. The SMILES string of the molecule is CCOc1ccccc1NC(=O)CSc1nc2sc3c(c2c(=O)n1-c1ccc(Br)cc1)CCCC3. The summed E-state index contributed by atoms with van der Waals surface area (Å²) in [7, 11) is 0. The van der Waals surface area contributed by atoms with Crippen LogP contribution in [0, 0.1) is 0 Å². The molecule has 0 radical (unpaired) electrons. The van der Waals surface area contributed by atoms with Gasteiger partial charge in [-0.25, -0.2) is 4.98 Å². The van der Waals surface area contributed by atoms with Crippen LogP contribution in [0.3, 0.4) is 0 Å². The number of thioether (sulfide) groups is 1. The lowest BCUT2D eigenvalue weighted by Crippen LogP contribution is -2.23. The molecule has 0 aliphatic heterocycles. The zero-order valence-electron chi connectivity index (χ0n) is 19.2. The summed E-state index contributed by atoms with van der Waals surface area (Å²) in [6, 6.07) is 14.9. The number of carbonyl (C=O) groups excluding carboxylic acids is 1. The monoisotopic (exact) mass is 569 g/mol. The van der Waals surface area contributed by atoms with Crippen molar-refractivity contribution in [1.82, 2.24) is 9.55 Å². The molecule has 180 valence electrons. The summed E-state index contributed by atoms with van der Waals surface area (Å²) in [5.74, 6) is 0.549. The number of hydrogen-bond donors (Lipinski definition) is 1. The molecule has 0 unspecified atom stereocenters. The number of thiophene rings is 1. The van der Waals surface area contributed by atoms with Crippen molar-refractivity contribution in [1.29, 1.82) is 0 Å². The van der Waals surface area contributed by atoms with Crippen molar-refractivity contribution in [2.45, 2.75) is 37.8 Å². The summed E-state index contributed by atoms with van der Waals surface area (Å²) in [6.45, 7) is 2.41. The standard InChI is InChI=1S/C26H24BrN3O3S2/c1-2-33-20-9-5-4-8-19(20)28-22(31)15-34-26-29-24-23(18-7-3-6-10-21(18)35-24)25(32)30(26)17-13-11-16(27)12-14-17/h4-5,8-9,11-14H,2-3,6-7,10,15H2,1H3,(H,28,31). The van der Waals surface area contributed by atoms with Gasteiger partial charge in [0.25, 0.3) is 5.56 Å². The number of fused-ring (bicyclic) bond motifs is 3. The molecular formula is C26H24BrN3O3S2. The van der Waals surface area contributed by atoms with Crippen molar-refractivity contribution in [3.63, 3.8) is 0 Å². The van der Waals surface area contributed by atoms with Crippen molar-refractivity contribution in [2.24, 2.45) is 0 Å². The average Bonchev–Trinajstić information content (AvgIpc) is 3.24. The Morgan fingerprint density at radius 1 is 1.17 bits per heavy atom. The Labute approximate surface area is 219 Å². The maximum atomic E-state index is 13.8. The molecule has 2 aromatic heterocycles. The van der Waals surface area contributed by atoms with Gasteiger partial charge in [-0.1, -0.05) is 39.8 Å². The van der Waals surface area contributed by atoms with Gasteiger partial charge in [0.1, 0.15) is 10.6 Å². The highest BCUT2D eigenvalue weighted by Gasteiger charge is 2.23. The maximum absolute atomic E-state index is 13.8. The Hall–Kier alpha value is -2.62. The third-order valence-electron chi connectivity index (χ3n) is 5.84. The Bertz CT molecular complexity index is 1450. The van der Waals surface area contributed by atoms with Gasteiger partial charge in [0.2, 0.25) is 5.91 Å². The molecule has 0 spiro atoms. The Kier molecular flexibility index (Phi) is 7.27. The van der Waals surface area contributed by atoms with E-state index >= 15 is 0 Å². The number of amides is 1. The summed E-state index contributed by atoms with van der Waals surface area (Å²) in [5, 5.41) is 4.16. The first-order chi connectivity index (χ1) is 17.0. The predicted octanol–water partition coefficient (Wildman–Crippen LogP) is 6.22. The minimum absolute atomic E-state index is 0.0682. The highest BCUT2D eigenvalue weighted by Crippen LogP contribution is 2.35. The van der Waals surface area contributed by atoms with E-state index < -0.39 is 0 Å². The van der Waals surface area contributed by atoms with Crippen LogP contribution in [0.4, 0.5) is 5.69 Å². The minimum Gasteiger partial charge on any atom is -0.492 e. The van der Waals surface area contributed by atoms with Crippen LogP contribution in [0.2, 0.25) is 0 Å². The Morgan fingerprint density at radius 2 is 1.94 bits per heavy atom. The molecule has 2 aromatic carbocycles. The summed E-state index contributed by atoms with van der Waals surface area (Å²) in [5.41, 5.74) is 2.44. The van der Waals surface area contributed by atoms with Crippen molar-refractivity contribution in [2.75, 3.05) is 17.7 Å². The topological polar surface area (TPSA) is 73.2 Å². The molecule has 9 heteroatoms. The lowest BCUT2D eigenvalue weighted by atomic mass is 9.97. The molecule has 35 heavy (non-hydrogen) atoms. The smallest absolute Gasteiger partial charge is 0.267 e. The van der Waals surface area contributed by atoms with Crippen LogP contribution in [-0.4, -0.2) is 27.8 Å². The van der Waals surface area contributed by atoms with E-state index in [1.54, 1.807) is 15.9 Å². The largest absolute Gasteiger partial charge is 0.492 e. The van der Waals surface area contributed by atoms with E-state index in [0.717, 1.165) is 51.6 Å². The molecule has 0 bridgehead atoms. The molecule has 0 atom stereocenters. The summed E-state index contributed by atoms with van der Waals surface area (Å²) in [4.78, 5) is 33.6. The van der Waals surface area contributed by atoms with E-state index in [2.05, 4.69) is 21.2 Å². The van der Waals surface area contributed by atoms with E-state index in [1.165, 1.54) is 16.6 Å². The number of nitrogens with zero attached hydrogens (tertiary/aromatic N) is 2. The number of halogens is 1. The zero-order valence-corrected chi connectivity index (χ0v) is 22.4. The normalized spacial score (nSPS) is 13.0. The van der Waals surface area contributed by atoms with Gasteiger partial charge in [0, 0.05) is 9.35 Å². The molecule has 1 N–H and O–H groups in total. The molecule has 2 heterocycles. The highest BCUT2D eigenvalue weighted by molar-refractivity contribution is 9.10. The van der Waals surface area contributed by atoms with E-state index in [9.17, 15) is 9.59 Å². The van der Waals surface area contributed by atoms with E-state index in [0.29, 0.717) is 23.2 Å². The van der Waals surface area contributed by atoms with Crippen LogP contribution in [0.1, 0.15) is 30.2 Å². The van der Waals surface area contributed by atoms with Crippen LogP contribution in [0.15, 0.2) is 63.0 Å². The van der Waals surface area contributed by atoms with E-state index in [-0.39, 0.29) is 17.2 Å². The third kappa shape index (κ3) is 5.03. The fraction of sp³-hybridized carbons (Fsp3) is 0.269. The van der Waals surface area contributed by atoms with Crippen LogP contribution in [0.5, 0.6) is 5.75 Å². The highest BCUT2D eigenvalue weighted by atomic mass is 79.9. The van der Waals surface area contributed by atoms with Crippen molar-refractivity contribution in [3.05, 3.63) is 73.8 Å². The van der Waals surface area contributed by atoms with Gasteiger partial charge < -0.3 is 10.1 Å². The number of aromatic nitrogens is 2. The number of para-hydroxylation sites is 2. The number of aryl methyl sites for hydroxylation is 2.